The summed E-state index contributed by atoms with van der Waals surface area (Å²) in [4.78, 5) is 21.9. The van der Waals surface area contributed by atoms with Crippen LogP contribution in [-0.4, -0.2) is 15.9 Å². The van der Waals surface area contributed by atoms with Crippen LogP contribution >= 0.6 is 0 Å². The lowest BCUT2D eigenvalue weighted by Gasteiger charge is -2.06. The van der Waals surface area contributed by atoms with Crippen molar-refractivity contribution in [1.82, 2.24) is 0 Å². The molecule has 0 aliphatic rings. The second-order valence-corrected chi connectivity index (χ2v) is 4.23. The first kappa shape index (κ1) is 14.6. The maximum Gasteiger partial charge on any atom is 0.270 e. The minimum absolute atomic E-state index is 0.131. The summed E-state index contributed by atoms with van der Waals surface area (Å²) in [5, 5.41) is 22.0. The highest BCUT2D eigenvalue weighted by Gasteiger charge is 2.17. The number of hydrogen-bond acceptors (Lipinski definition) is 4. The van der Waals surface area contributed by atoms with Gasteiger partial charge in [0.25, 0.3) is 11.6 Å². The van der Waals surface area contributed by atoms with Crippen LogP contribution in [0.1, 0.15) is 15.9 Å². The van der Waals surface area contributed by atoms with Gasteiger partial charge < -0.3 is 10.4 Å². The highest BCUT2D eigenvalue weighted by Crippen LogP contribution is 2.18. The van der Waals surface area contributed by atoms with Crippen LogP contribution in [0.15, 0.2) is 42.5 Å². The zero-order valence-electron chi connectivity index (χ0n) is 10.7. The molecule has 0 atom stereocenters. The number of hydrogen-bond donors (Lipinski definition) is 2. The van der Waals surface area contributed by atoms with Gasteiger partial charge in [0.2, 0.25) is 0 Å². The molecular weight excluding hydrogens is 279 g/mol. The Morgan fingerprint density at radius 3 is 2.48 bits per heavy atom. The number of non-ortho nitro benzene ring substituents is 1. The molecule has 6 nitrogen and oxygen atoms in total. The minimum Gasteiger partial charge on any atom is -0.392 e. The van der Waals surface area contributed by atoms with Crippen LogP contribution in [-0.2, 0) is 6.61 Å². The molecule has 2 rings (SSSR count). The lowest BCUT2D eigenvalue weighted by molar-refractivity contribution is -0.384. The van der Waals surface area contributed by atoms with E-state index in [4.69, 9.17) is 5.11 Å². The average molecular weight is 290 g/mol. The number of carbonyl (C=O) groups is 1. The fraction of sp³-hybridized carbons (Fsp3) is 0.0714. The van der Waals surface area contributed by atoms with Gasteiger partial charge in [-0.05, 0) is 23.8 Å². The Bertz CT molecular complexity index is 686. The number of nitro benzene ring substituents is 1. The number of amides is 1. The standard InChI is InChI=1S/C14H11FN2O4/c15-13-6-5-11(17(20)21)7-12(13)14(19)16-10-3-1-9(8-18)2-4-10/h1-7,18H,8H2,(H,16,19). The molecule has 0 saturated heterocycles. The number of nitro groups is 1. The molecule has 1 amide bonds. The second-order valence-electron chi connectivity index (χ2n) is 4.23. The summed E-state index contributed by atoms with van der Waals surface area (Å²) in [6, 6.07) is 9.02. The largest absolute Gasteiger partial charge is 0.392 e. The average Bonchev–Trinajstić information content (AvgIpc) is 2.48. The first-order chi connectivity index (χ1) is 10.0. The number of aliphatic hydroxyl groups excluding tert-OH is 1. The Balaban J connectivity index is 2.23. The quantitative estimate of drug-likeness (QED) is 0.668. The van der Waals surface area contributed by atoms with Gasteiger partial charge in [-0.25, -0.2) is 4.39 Å². The molecule has 108 valence electrons. The molecule has 0 saturated carbocycles. The normalized spacial score (nSPS) is 10.2. The van der Waals surface area contributed by atoms with E-state index in [1.54, 1.807) is 24.3 Å². The molecule has 2 aromatic rings. The number of benzene rings is 2. The zero-order valence-corrected chi connectivity index (χ0v) is 10.7. The molecule has 0 spiro atoms. The monoisotopic (exact) mass is 290 g/mol. The van der Waals surface area contributed by atoms with Gasteiger partial charge >= 0.3 is 0 Å². The van der Waals surface area contributed by atoms with E-state index in [0.29, 0.717) is 11.3 Å². The Morgan fingerprint density at radius 1 is 1.24 bits per heavy atom. The number of carbonyl (C=O) groups excluding carboxylic acids is 1. The maximum absolute atomic E-state index is 13.6. The minimum atomic E-state index is -0.843. The fourth-order valence-electron chi connectivity index (χ4n) is 1.69. The van der Waals surface area contributed by atoms with Crippen molar-refractivity contribution in [3.63, 3.8) is 0 Å². The molecule has 0 radical (unpaired) electrons. The van der Waals surface area contributed by atoms with E-state index in [2.05, 4.69) is 5.32 Å². The van der Waals surface area contributed by atoms with Gasteiger partial charge in [0.15, 0.2) is 0 Å². The Hall–Kier alpha value is -2.80. The third kappa shape index (κ3) is 3.40. The maximum atomic E-state index is 13.6. The van der Waals surface area contributed by atoms with Gasteiger partial charge in [-0.3, -0.25) is 14.9 Å². The summed E-state index contributed by atoms with van der Waals surface area (Å²) in [7, 11) is 0. The number of nitrogens with one attached hydrogen (secondary N) is 1. The number of anilines is 1. The Labute approximate surface area is 119 Å². The molecule has 0 aliphatic carbocycles. The molecule has 0 aromatic heterocycles. The highest BCUT2D eigenvalue weighted by molar-refractivity contribution is 6.04. The van der Waals surface area contributed by atoms with Gasteiger partial charge in [-0.15, -0.1) is 0 Å². The summed E-state index contributed by atoms with van der Waals surface area (Å²) < 4.78 is 13.6. The topological polar surface area (TPSA) is 92.5 Å². The molecule has 2 aromatic carbocycles. The van der Waals surface area contributed by atoms with Crippen molar-refractivity contribution in [2.45, 2.75) is 6.61 Å². The smallest absolute Gasteiger partial charge is 0.270 e. The van der Waals surface area contributed by atoms with E-state index < -0.39 is 22.2 Å². The van der Waals surface area contributed by atoms with Crippen molar-refractivity contribution in [2.75, 3.05) is 5.32 Å². The van der Waals surface area contributed by atoms with E-state index in [9.17, 15) is 19.3 Å². The zero-order chi connectivity index (χ0) is 15.4. The summed E-state index contributed by atoms with van der Waals surface area (Å²) in [6.07, 6.45) is 0. The second kappa shape index (κ2) is 6.10. The van der Waals surface area contributed by atoms with Gasteiger partial charge in [-0.2, -0.15) is 0 Å². The van der Waals surface area contributed by atoms with Crippen LogP contribution in [0.25, 0.3) is 0 Å². The van der Waals surface area contributed by atoms with Gasteiger partial charge in [-0.1, -0.05) is 12.1 Å². The van der Waals surface area contributed by atoms with Crippen molar-refractivity contribution in [3.05, 3.63) is 69.5 Å². The van der Waals surface area contributed by atoms with E-state index in [1.807, 2.05) is 0 Å². The molecular formula is C14H11FN2O4. The summed E-state index contributed by atoms with van der Waals surface area (Å²) in [6.45, 7) is -0.131. The number of halogens is 1. The summed E-state index contributed by atoms with van der Waals surface area (Å²) in [5.41, 5.74) is 0.283. The molecule has 0 bridgehead atoms. The van der Waals surface area contributed by atoms with Crippen LogP contribution in [0.5, 0.6) is 0 Å². The molecule has 0 aliphatic heterocycles. The molecule has 7 heteroatoms. The van der Waals surface area contributed by atoms with Crippen LogP contribution in [0, 0.1) is 15.9 Å². The number of nitrogens with zero attached hydrogens (tertiary/aromatic N) is 1. The van der Waals surface area contributed by atoms with Crippen molar-refractivity contribution in [3.8, 4) is 0 Å². The van der Waals surface area contributed by atoms with Crippen LogP contribution in [0.3, 0.4) is 0 Å². The first-order valence-electron chi connectivity index (χ1n) is 5.96. The molecule has 0 heterocycles. The van der Waals surface area contributed by atoms with Crippen molar-refractivity contribution in [2.24, 2.45) is 0 Å². The van der Waals surface area contributed by atoms with Gasteiger partial charge in [0.05, 0.1) is 17.1 Å². The molecule has 2 N–H and O–H groups in total. The van der Waals surface area contributed by atoms with E-state index in [1.165, 1.54) is 0 Å². The lowest BCUT2D eigenvalue weighted by Crippen LogP contribution is -2.14. The summed E-state index contributed by atoms with van der Waals surface area (Å²) >= 11 is 0. The molecule has 21 heavy (non-hydrogen) atoms. The highest BCUT2D eigenvalue weighted by atomic mass is 19.1. The molecule has 0 fully saturated rings. The van der Waals surface area contributed by atoms with E-state index in [-0.39, 0.29) is 12.3 Å². The first-order valence-corrected chi connectivity index (χ1v) is 5.96. The molecule has 0 unspecified atom stereocenters. The van der Waals surface area contributed by atoms with E-state index >= 15 is 0 Å². The van der Waals surface area contributed by atoms with Crippen LogP contribution in [0.4, 0.5) is 15.8 Å². The Kier molecular flexibility index (Phi) is 4.24. The van der Waals surface area contributed by atoms with Crippen molar-refractivity contribution < 1.29 is 19.2 Å². The third-order valence-corrected chi connectivity index (χ3v) is 2.80. The lowest BCUT2D eigenvalue weighted by atomic mass is 10.1. The predicted molar refractivity (Wildman–Crippen MR) is 73.4 cm³/mol. The van der Waals surface area contributed by atoms with Crippen molar-refractivity contribution >= 4 is 17.3 Å². The fourth-order valence-corrected chi connectivity index (χ4v) is 1.69. The van der Waals surface area contributed by atoms with Crippen LogP contribution in [0.2, 0.25) is 0 Å². The number of rotatable bonds is 4. The Morgan fingerprint density at radius 2 is 1.90 bits per heavy atom. The third-order valence-electron chi connectivity index (χ3n) is 2.80. The van der Waals surface area contributed by atoms with Gasteiger partial charge in [0.1, 0.15) is 5.82 Å². The van der Waals surface area contributed by atoms with Crippen LogP contribution < -0.4 is 5.32 Å². The van der Waals surface area contributed by atoms with Crippen molar-refractivity contribution in [1.29, 1.82) is 0 Å². The van der Waals surface area contributed by atoms with Gasteiger partial charge in [0, 0.05) is 17.8 Å². The SMILES string of the molecule is O=C(Nc1ccc(CO)cc1)c1cc([N+](=O)[O-])ccc1F. The predicted octanol–water partition coefficient (Wildman–Crippen LogP) is 2.48. The number of aliphatic hydroxyl groups is 1. The summed E-state index contributed by atoms with van der Waals surface area (Å²) in [5.74, 6) is -1.63. The van der Waals surface area contributed by atoms with E-state index in [0.717, 1.165) is 18.2 Å².